The summed E-state index contributed by atoms with van der Waals surface area (Å²) in [6.07, 6.45) is 0. The standard InChI is InChI=1S/C27H20N2O2/c1-19-11-15-22(16-12-19)31-23-17-13-21(14-18-23)29-26(20-7-3-2-4-8-20)28-25-10-6-5-9-24(25)27(29)30/h2-18H,1H3. The summed E-state index contributed by atoms with van der Waals surface area (Å²) in [5, 5.41) is 0.585. The Morgan fingerprint density at radius 3 is 2.03 bits per heavy atom. The van der Waals surface area contributed by atoms with Crippen molar-refractivity contribution in [3.63, 3.8) is 0 Å². The van der Waals surface area contributed by atoms with Crippen molar-refractivity contribution >= 4 is 10.9 Å². The van der Waals surface area contributed by atoms with E-state index in [1.54, 1.807) is 4.57 Å². The van der Waals surface area contributed by atoms with Gasteiger partial charge >= 0.3 is 0 Å². The number of fused-ring (bicyclic) bond motifs is 1. The quantitative estimate of drug-likeness (QED) is 0.361. The summed E-state index contributed by atoms with van der Waals surface area (Å²) in [7, 11) is 0. The first-order chi connectivity index (χ1) is 15.2. The van der Waals surface area contributed by atoms with Gasteiger partial charge in [0.2, 0.25) is 0 Å². The molecule has 5 rings (SSSR count). The van der Waals surface area contributed by atoms with Crippen molar-refractivity contribution in [2.24, 2.45) is 0 Å². The first kappa shape index (κ1) is 18.8. The molecule has 4 nitrogen and oxygen atoms in total. The average Bonchev–Trinajstić information content (AvgIpc) is 2.82. The van der Waals surface area contributed by atoms with Gasteiger partial charge in [-0.15, -0.1) is 0 Å². The molecule has 0 aliphatic rings. The van der Waals surface area contributed by atoms with Gasteiger partial charge in [-0.05, 0) is 55.5 Å². The SMILES string of the molecule is Cc1ccc(Oc2ccc(-n3c(-c4ccccc4)nc4ccccc4c3=O)cc2)cc1. The largest absolute Gasteiger partial charge is 0.457 e. The molecule has 0 saturated carbocycles. The summed E-state index contributed by atoms with van der Waals surface area (Å²) in [6, 6.07) is 32.6. The van der Waals surface area contributed by atoms with E-state index in [1.807, 2.05) is 110 Å². The van der Waals surface area contributed by atoms with E-state index in [0.29, 0.717) is 22.5 Å². The fourth-order valence-corrected chi connectivity index (χ4v) is 3.56. The lowest BCUT2D eigenvalue weighted by Crippen LogP contribution is -2.21. The van der Waals surface area contributed by atoms with Crippen molar-refractivity contribution in [2.45, 2.75) is 6.92 Å². The summed E-state index contributed by atoms with van der Waals surface area (Å²) in [5.41, 5.74) is 3.38. The van der Waals surface area contributed by atoms with E-state index in [4.69, 9.17) is 9.72 Å². The molecule has 0 N–H and O–H groups in total. The lowest BCUT2D eigenvalue weighted by Gasteiger charge is -2.14. The van der Waals surface area contributed by atoms with Crippen LogP contribution >= 0.6 is 0 Å². The highest BCUT2D eigenvalue weighted by molar-refractivity contribution is 5.80. The average molecular weight is 404 g/mol. The van der Waals surface area contributed by atoms with Gasteiger partial charge in [-0.3, -0.25) is 9.36 Å². The van der Waals surface area contributed by atoms with Gasteiger partial charge in [0.15, 0.2) is 0 Å². The number of hydrogen-bond acceptors (Lipinski definition) is 3. The Balaban J connectivity index is 1.61. The van der Waals surface area contributed by atoms with Gasteiger partial charge < -0.3 is 4.74 Å². The van der Waals surface area contributed by atoms with Gasteiger partial charge in [-0.2, -0.15) is 0 Å². The summed E-state index contributed by atoms with van der Waals surface area (Å²) in [5.74, 6) is 2.08. The van der Waals surface area contributed by atoms with E-state index in [0.717, 1.165) is 17.0 Å². The molecule has 0 bridgehead atoms. The van der Waals surface area contributed by atoms with Gasteiger partial charge in [-0.1, -0.05) is 60.2 Å². The minimum Gasteiger partial charge on any atom is -0.457 e. The van der Waals surface area contributed by atoms with Crippen molar-refractivity contribution in [1.82, 2.24) is 9.55 Å². The minimum absolute atomic E-state index is 0.100. The van der Waals surface area contributed by atoms with Crippen LogP contribution < -0.4 is 10.3 Å². The van der Waals surface area contributed by atoms with Crippen LogP contribution in [0.5, 0.6) is 11.5 Å². The molecule has 150 valence electrons. The molecule has 1 heterocycles. The maximum Gasteiger partial charge on any atom is 0.266 e. The first-order valence-electron chi connectivity index (χ1n) is 10.1. The highest BCUT2D eigenvalue weighted by Gasteiger charge is 2.14. The smallest absolute Gasteiger partial charge is 0.266 e. The number of nitrogens with zero attached hydrogens (tertiary/aromatic N) is 2. The predicted molar refractivity (Wildman–Crippen MR) is 124 cm³/mol. The number of hydrogen-bond donors (Lipinski definition) is 0. The van der Waals surface area contributed by atoms with Gasteiger partial charge in [0, 0.05) is 5.56 Å². The zero-order valence-electron chi connectivity index (χ0n) is 17.0. The van der Waals surface area contributed by atoms with Crippen LogP contribution in [0.4, 0.5) is 0 Å². The Morgan fingerprint density at radius 1 is 0.710 bits per heavy atom. The molecule has 4 heteroatoms. The van der Waals surface area contributed by atoms with Crippen LogP contribution in [-0.2, 0) is 0 Å². The molecule has 0 fully saturated rings. The molecule has 31 heavy (non-hydrogen) atoms. The number of para-hydroxylation sites is 1. The Kier molecular flexibility index (Phi) is 4.81. The van der Waals surface area contributed by atoms with Gasteiger partial charge in [0.1, 0.15) is 17.3 Å². The van der Waals surface area contributed by atoms with E-state index in [-0.39, 0.29) is 5.56 Å². The fourth-order valence-electron chi connectivity index (χ4n) is 3.56. The van der Waals surface area contributed by atoms with E-state index in [2.05, 4.69) is 0 Å². The molecule has 0 aliphatic heterocycles. The summed E-state index contributed by atoms with van der Waals surface area (Å²) < 4.78 is 7.60. The zero-order chi connectivity index (χ0) is 21.2. The Bertz CT molecular complexity index is 1400. The third-order valence-electron chi connectivity index (χ3n) is 5.16. The van der Waals surface area contributed by atoms with Gasteiger partial charge in [0.05, 0.1) is 16.6 Å². The summed E-state index contributed by atoms with van der Waals surface area (Å²) in [6.45, 7) is 2.04. The van der Waals surface area contributed by atoms with Crippen LogP contribution in [0.15, 0.2) is 108 Å². The molecule has 5 aromatic rings. The second kappa shape index (κ2) is 7.92. The molecule has 0 radical (unpaired) electrons. The van der Waals surface area contributed by atoms with Crippen LogP contribution in [0, 0.1) is 6.92 Å². The van der Waals surface area contributed by atoms with Crippen molar-refractivity contribution in [1.29, 1.82) is 0 Å². The fraction of sp³-hybridized carbons (Fsp3) is 0.0370. The lowest BCUT2D eigenvalue weighted by atomic mass is 10.1. The second-order valence-electron chi connectivity index (χ2n) is 7.37. The molecule has 4 aromatic carbocycles. The predicted octanol–water partition coefficient (Wildman–Crippen LogP) is 6.15. The molecule has 0 aliphatic carbocycles. The van der Waals surface area contributed by atoms with Crippen molar-refractivity contribution in [3.05, 3.63) is 119 Å². The van der Waals surface area contributed by atoms with E-state index in [9.17, 15) is 4.79 Å². The maximum atomic E-state index is 13.4. The lowest BCUT2D eigenvalue weighted by molar-refractivity contribution is 0.482. The Morgan fingerprint density at radius 2 is 1.32 bits per heavy atom. The molecule has 0 amide bonds. The first-order valence-corrected chi connectivity index (χ1v) is 10.1. The topological polar surface area (TPSA) is 44.1 Å². The normalized spacial score (nSPS) is 10.9. The second-order valence-corrected chi connectivity index (χ2v) is 7.37. The maximum absolute atomic E-state index is 13.4. The number of rotatable bonds is 4. The van der Waals surface area contributed by atoms with Crippen LogP contribution in [0.2, 0.25) is 0 Å². The van der Waals surface area contributed by atoms with E-state index >= 15 is 0 Å². The minimum atomic E-state index is -0.100. The molecule has 1 aromatic heterocycles. The molecule has 0 saturated heterocycles. The van der Waals surface area contributed by atoms with E-state index < -0.39 is 0 Å². The third-order valence-corrected chi connectivity index (χ3v) is 5.16. The van der Waals surface area contributed by atoms with Crippen molar-refractivity contribution in [2.75, 3.05) is 0 Å². The Hall–Kier alpha value is -4.18. The van der Waals surface area contributed by atoms with Crippen LogP contribution in [-0.4, -0.2) is 9.55 Å². The van der Waals surface area contributed by atoms with Crippen LogP contribution in [0.3, 0.4) is 0 Å². The number of aryl methyl sites for hydroxylation is 1. The number of benzene rings is 4. The van der Waals surface area contributed by atoms with Gasteiger partial charge in [-0.25, -0.2) is 4.98 Å². The highest BCUT2D eigenvalue weighted by atomic mass is 16.5. The molecule has 0 unspecified atom stereocenters. The number of ether oxygens (including phenoxy) is 1. The monoisotopic (exact) mass is 404 g/mol. The van der Waals surface area contributed by atoms with Gasteiger partial charge in [0.25, 0.3) is 5.56 Å². The van der Waals surface area contributed by atoms with E-state index in [1.165, 1.54) is 5.56 Å². The van der Waals surface area contributed by atoms with Crippen molar-refractivity contribution < 1.29 is 4.74 Å². The molecular weight excluding hydrogens is 384 g/mol. The highest BCUT2D eigenvalue weighted by Crippen LogP contribution is 2.26. The summed E-state index contributed by atoms with van der Waals surface area (Å²) >= 11 is 0. The molecular formula is C27H20N2O2. The van der Waals surface area contributed by atoms with Crippen LogP contribution in [0.1, 0.15) is 5.56 Å². The summed E-state index contributed by atoms with van der Waals surface area (Å²) in [4.78, 5) is 18.2. The molecule has 0 atom stereocenters. The molecule has 0 spiro atoms. The Labute approximate surface area is 180 Å². The zero-order valence-corrected chi connectivity index (χ0v) is 17.0. The third kappa shape index (κ3) is 3.71. The van der Waals surface area contributed by atoms with Crippen LogP contribution in [0.25, 0.3) is 28.0 Å². The number of aromatic nitrogens is 2. The van der Waals surface area contributed by atoms with Crippen molar-refractivity contribution in [3.8, 4) is 28.6 Å².